The van der Waals surface area contributed by atoms with Crippen molar-refractivity contribution in [3.8, 4) is 0 Å². The second-order valence-corrected chi connectivity index (χ2v) is 11.6. The minimum Gasteiger partial charge on any atom is -0.481 e. The van der Waals surface area contributed by atoms with Crippen LogP contribution in [0.2, 0.25) is 0 Å². The third-order valence-corrected chi connectivity index (χ3v) is 8.17. The molecule has 0 aromatic carbocycles. The minimum atomic E-state index is -1.07. The van der Waals surface area contributed by atoms with E-state index in [4.69, 9.17) is 19.3 Å². The van der Waals surface area contributed by atoms with Crippen LogP contribution in [0.4, 0.5) is 0 Å². The average molecular weight is 519 g/mol. The highest BCUT2D eigenvalue weighted by molar-refractivity contribution is 5.77. The van der Waals surface area contributed by atoms with Crippen molar-refractivity contribution in [1.82, 2.24) is 0 Å². The zero-order valence-corrected chi connectivity index (χ0v) is 22.7. The third kappa shape index (κ3) is 7.68. The molecule has 7 atom stereocenters. The predicted molar refractivity (Wildman–Crippen MR) is 136 cm³/mol. The second kappa shape index (κ2) is 12.3. The molecule has 0 aromatic heterocycles. The summed E-state index contributed by atoms with van der Waals surface area (Å²) in [5.74, 6) is -1.39. The lowest BCUT2D eigenvalue weighted by atomic mass is 9.65. The molecule has 3 rings (SSSR count). The average Bonchev–Trinajstić information content (AvgIpc) is 2.81. The molecule has 0 aromatic rings. The molecule has 2 aliphatic carbocycles. The molecule has 1 N–H and O–H groups in total. The fraction of sp³-hybridized carbons (Fsp3) is 0.724. The van der Waals surface area contributed by atoms with E-state index in [1.54, 1.807) is 0 Å². The van der Waals surface area contributed by atoms with Crippen LogP contribution in [0.15, 0.2) is 23.8 Å². The van der Waals surface area contributed by atoms with E-state index in [9.17, 15) is 19.2 Å². The van der Waals surface area contributed by atoms with Gasteiger partial charge in [-0.25, -0.2) is 0 Å². The highest BCUT2D eigenvalue weighted by Gasteiger charge is 2.43. The fourth-order valence-electron chi connectivity index (χ4n) is 5.61. The number of carbonyl (C=O) groups is 4. The van der Waals surface area contributed by atoms with Crippen molar-refractivity contribution in [3.05, 3.63) is 23.8 Å². The first-order valence-electron chi connectivity index (χ1n) is 13.6. The van der Waals surface area contributed by atoms with Crippen LogP contribution in [-0.4, -0.2) is 47.3 Å². The highest BCUT2D eigenvalue weighted by Crippen LogP contribution is 2.45. The Morgan fingerprint density at radius 2 is 1.84 bits per heavy atom. The largest absolute Gasteiger partial charge is 0.481 e. The Kier molecular flexibility index (Phi) is 9.59. The van der Waals surface area contributed by atoms with Gasteiger partial charge in [-0.15, -0.1) is 0 Å². The van der Waals surface area contributed by atoms with E-state index in [2.05, 4.69) is 32.1 Å². The molecule has 206 valence electrons. The normalized spacial score (nSPS) is 31.5. The number of rotatable bonds is 10. The lowest BCUT2D eigenvalue weighted by Crippen LogP contribution is -2.43. The van der Waals surface area contributed by atoms with Gasteiger partial charge in [-0.1, -0.05) is 39.0 Å². The number of carbonyl (C=O) groups excluding carboxylic acids is 3. The van der Waals surface area contributed by atoms with Crippen LogP contribution >= 0.6 is 0 Å². The van der Waals surface area contributed by atoms with Crippen molar-refractivity contribution < 1.29 is 38.5 Å². The molecule has 0 bridgehead atoms. The molecule has 3 aliphatic rings. The maximum absolute atomic E-state index is 13.0. The van der Waals surface area contributed by atoms with E-state index in [1.807, 2.05) is 20.8 Å². The molecule has 0 amide bonds. The van der Waals surface area contributed by atoms with Crippen molar-refractivity contribution in [2.75, 3.05) is 0 Å². The van der Waals surface area contributed by atoms with Crippen LogP contribution in [-0.2, 0) is 33.4 Å². The standard InChI is InChI=1S/C29H42O8/c1-6-29(4,5)28(34)37-23-14-17(2)13-19-8-7-18(3)22(27(19)23)10-9-20-15-21(16-26(33)35-20)36-25(32)12-11-24(30)31/h7-8,13,17-18,20-23,27H,6,9-12,14-16H2,1-5H3,(H,30,31)/t17-,18-,20-,21+,22-,23-,27-/m1/s1. The first kappa shape index (κ1) is 28.9. The molecule has 0 saturated carbocycles. The fourth-order valence-corrected chi connectivity index (χ4v) is 5.61. The maximum atomic E-state index is 13.0. The van der Waals surface area contributed by atoms with Crippen molar-refractivity contribution in [1.29, 1.82) is 0 Å². The quantitative estimate of drug-likeness (QED) is 0.317. The summed E-state index contributed by atoms with van der Waals surface area (Å²) in [5, 5.41) is 8.77. The van der Waals surface area contributed by atoms with E-state index < -0.39 is 29.4 Å². The van der Waals surface area contributed by atoms with Gasteiger partial charge in [0.05, 0.1) is 24.7 Å². The molecule has 0 spiro atoms. The predicted octanol–water partition coefficient (Wildman–Crippen LogP) is 5.00. The van der Waals surface area contributed by atoms with Crippen molar-refractivity contribution in [3.63, 3.8) is 0 Å². The number of carboxylic acids is 1. The van der Waals surface area contributed by atoms with Crippen molar-refractivity contribution in [2.24, 2.45) is 29.1 Å². The second-order valence-electron chi connectivity index (χ2n) is 11.6. The van der Waals surface area contributed by atoms with Crippen LogP contribution in [0, 0.1) is 29.1 Å². The van der Waals surface area contributed by atoms with Gasteiger partial charge >= 0.3 is 23.9 Å². The molecule has 1 fully saturated rings. The Bertz CT molecular complexity index is 932. The van der Waals surface area contributed by atoms with Gasteiger partial charge in [0.15, 0.2) is 0 Å². The molecule has 1 heterocycles. The van der Waals surface area contributed by atoms with Gasteiger partial charge in [0.25, 0.3) is 0 Å². The minimum absolute atomic E-state index is 0.0173. The molecule has 8 nitrogen and oxygen atoms in total. The number of fused-ring (bicyclic) bond motifs is 1. The van der Waals surface area contributed by atoms with Gasteiger partial charge in [0.2, 0.25) is 0 Å². The van der Waals surface area contributed by atoms with Crippen molar-refractivity contribution >= 4 is 23.9 Å². The van der Waals surface area contributed by atoms with Gasteiger partial charge in [0, 0.05) is 12.3 Å². The van der Waals surface area contributed by atoms with Gasteiger partial charge in [-0.2, -0.15) is 0 Å². The van der Waals surface area contributed by atoms with Crippen LogP contribution in [0.5, 0.6) is 0 Å². The topological polar surface area (TPSA) is 116 Å². The first-order chi connectivity index (χ1) is 17.4. The summed E-state index contributed by atoms with van der Waals surface area (Å²) in [5.41, 5.74) is 0.670. The Labute approximate surface area is 219 Å². The Hall–Kier alpha value is -2.64. The molecular formula is C29H42O8. The van der Waals surface area contributed by atoms with Gasteiger partial charge in [-0.05, 0) is 62.9 Å². The summed E-state index contributed by atoms with van der Waals surface area (Å²) in [6.07, 6.45) is 8.18. The molecule has 0 unspecified atom stereocenters. The van der Waals surface area contributed by atoms with E-state index in [0.29, 0.717) is 25.2 Å². The molecule has 0 radical (unpaired) electrons. The summed E-state index contributed by atoms with van der Waals surface area (Å²) < 4.78 is 17.1. The number of allylic oxidation sites excluding steroid dienone is 3. The number of hydrogen-bond donors (Lipinski definition) is 1. The van der Waals surface area contributed by atoms with E-state index >= 15 is 0 Å². The van der Waals surface area contributed by atoms with E-state index in [1.165, 1.54) is 5.57 Å². The molecular weight excluding hydrogens is 476 g/mol. The number of aliphatic carboxylic acids is 1. The lowest BCUT2D eigenvalue weighted by molar-refractivity contribution is -0.171. The Morgan fingerprint density at radius 3 is 2.51 bits per heavy atom. The summed E-state index contributed by atoms with van der Waals surface area (Å²) in [6, 6.07) is 0. The Morgan fingerprint density at radius 1 is 1.11 bits per heavy atom. The monoisotopic (exact) mass is 518 g/mol. The third-order valence-electron chi connectivity index (χ3n) is 8.17. The van der Waals surface area contributed by atoms with E-state index in [-0.39, 0.29) is 55.2 Å². The number of cyclic esters (lactones) is 1. The van der Waals surface area contributed by atoms with Crippen molar-refractivity contribution in [2.45, 2.75) is 104 Å². The zero-order valence-electron chi connectivity index (χ0n) is 22.7. The summed E-state index contributed by atoms with van der Waals surface area (Å²) >= 11 is 0. The molecule has 1 aliphatic heterocycles. The summed E-state index contributed by atoms with van der Waals surface area (Å²) in [4.78, 5) is 47.9. The van der Waals surface area contributed by atoms with Crippen LogP contribution in [0.3, 0.4) is 0 Å². The van der Waals surface area contributed by atoms with Gasteiger partial charge in [0.1, 0.15) is 18.3 Å². The zero-order chi connectivity index (χ0) is 27.3. The number of hydrogen-bond acceptors (Lipinski definition) is 7. The number of ether oxygens (including phenoxy) is 3. The Balaban J connectivity index is 1.67. The summed E-state index contributed by atoms with van der Waals surface area (Å²) in [7, 11) is 0. The molecule has 8 heteroatoms. The van der Waals surface area contributed by atoms with Crippen LogP contribution < -0.4 is 0 Å². The molecule has 37 heavy (non-hydrogen) atoms. The lowest BCUT2D eigenvalue weighted by Gasteiger charge is -2.44. The van der Waals surface area contributed by atoms with E-state index in [0.717, 1.165) is 12.8 Å². The smallest absolute Gasteiger partial charge is 0.311 e. The number of carboxylic acid groups (broad SMARTS) is 1. The van der Waals surface area contributed by atoms with Crippen LogP contribution in [0.1, 0.15) is 86.0 Å². The molecule has 1 saturated heterocycles. The van der Waals surface area contributed by atoms with Gasteiger partial charge in [-0.3, -0.25) is 19.2 Å². The first-order valence-corrected chi connectivity index (χ1v) is 13.6. The number of esters is 3. The van der Waals surface area contributed by atoms with Gasteiger partial charge < -0.3 is 19.3 Å². The highest BCUT2D eigenvalue weighted by atomic mass is 16.6. The maximum Gasteiger partial charge on any atom is 0.311 e. The van der Waals surface area contributed by atoms with Crippen LogP contribution in [0.25, 0.3) is 0 Å². The summed E-state index contributed by atoms with van der Waals surface area (Å²) in [6.45, 7) is 10.1. The SMILES string of the molecule is CCC(C)(C)C(=O)O[C@@H]1C[C@H](C)C=C2C=C[C@@H](C)[C@@H](CC[C@@H]3C[C@H](OC(=O)CCC(=O)O)CC(=O)O3)[C@@H]21.